The Kier molecular flexibility index (Phi) is 6.38. The first-order valence-electron chi connectivity index (χ1n) is 6.53. The first kappa shape index (κ1) is 16.1. The summed E-state index contributed by atoms with van der Waals surface area (Å²) in [6.45, 7) is 4.48. The number of thioether (sulfide) groups is 1. The maximum absolute atomic E-state index is 12.1. The predicted octanol–water partition coefficient (Wildman–Crippen LogP) is 2.84. The predicted molar refractivity (Wildman–Crippen MR) is 81.0 cm³/mol. The van der Waals surface area contributed by atoms with E-state index in [1.165, 1.54) is 11.8 Å². The van der Waals surface area contributed by atoms with Gasteiger partial charge in [0.25, 0.3) is 0 Å². The smallest absolute Gasteiger partial charge is 0.336 e. The molecule has 2 N–H and O–H groups in total. The van der Waals surface area contributed by atoms with Crippen molar-refractivity contribution in [3.63, 3.8) is 0 Å². The standard InChI is InChI=1S/C15H23NO2S/c1-12(2)11-15(16,19-3)14(17)18-10-9-13-7-5-4-6-8-13/h4-8,12H,9-11,16H2,1-3H3/t15-/m1/s1. The van der Waals surface area contributed by atoms with Gasteiger partial charge in [-0.3, -0.25) is 0 Å². The van der Waals surface area contributed by atoms with Crippen LogP contribution in [0.25, 0.3) is 0 Å². The molecule has 0 spiro atoms. The van der Waals surface area contributed by atoms with Crippen molar-refractivity contribution in [1.82, 2.24) is 0 Å². The monoisotopic (exact) mass is 281 g/mol. The summed E-state index contributed by atoms with van der Waals surface area (Å²) in [5.74, 6) is 0.0451. The second-order valence-corrected chi connectivity index (χ2v) is 6.20. The molecule has 0 unspecified atom stereocenters. The highest BCUT2D eigenvalue weighted by molar-refractivity contribution is 8.00. The van der Waals surface area contributed by atoms with E-state index in [2.05, 4.69) is 13.8 Å². The molecular formula is C15H23NO2S. The Morgan fingerprint density at radius 1 is 1.37 bits per heavy atom. The lowest BCUT2D eigenvalue weighted by Gasteiger charge is -2.26. The number of esters is 1. The summed E-state index contributed by atoms with van der Waals surface area (Å²) in [7, 11) is 0. The Morgan fingerprint density at radius 2 is 2.00 bits per heavy atom. The first-order chi connectivity index (χ1) is 8.98. The number of benzene rings is 1. The van der Waals surface area contributed by atoms with E-state index < -0.39 is 4.87 Å². The fraction of sp³-hybridized carbons (Fsp3) is 0.533. The van der Waals surface area contributed by atoms with Crippen LogP contribution in [-0.2, 0) is 16.0 Å². The van der Waals surface area contributed by atoms with Crippen molar-refractivity contribution in [2.45, 2.75) is 31.6 Å². The van der Waals surface area contributed by atoms with Gasteiger partial charge in [0.1, 0.15) is 0 Å². The fourth-order valence-corrected chi connectivity index (χ4v) is 2.61. The zero-order valence-corrected chi connectivity index (χ0v) is 12.7. The third kappa shape index (κ3) is 5.25. The second-order valence-electron chi connectivity index (χ2n) is 5.06. The number of carbonyl (C=O) groups is 1. The van der Waals surface area contributed by atoms with Gasteiger partial charge in [-0.1, -0.05) is 44.2 Å². The average molecular weight is 281 g/mol. The summed E-state index contributed by atoms with van der Waals surface area (Å²) in [5.41, 5.74) is 7.27. The molecule has 1 atom stereocenters. The quantitative estimate of drug-likeness (QED) is 0.617. The third-order valence-corrected chi connectivity index (χ3v) is 3.95. The molecule has 0 amide bonds. The van der Waals surface area contributed by atoms with E-state index in [0.717, 1.165) is 12.0 Å². The average Bonchev–Trinajstić information content (AvgIpc) is 2.39. The lowest BCUT2D eigenvalue weighted by atomic mass is 10.0. The van der Waals surface area contributed by atoms with E-state index in [0.29, 0.717) is 18.9 Å². The van der Waals surface area contributed by atoms with Crippen LogP contribution in [0, 0.1) is 5.92 Å². The van der Waals surface area contributed by atoms with Crippen LogP contribution in [0.1, 0.15) is 25.8 Å². The summed E-state index contributed by atoms with van der Waals surface area (Å²) in [6.07, 6.45) is 3.19. The van der Waals surface area contributed by atoms with Gasteiger partial charge in [-0.2, -0.15) is 0 Å². The molecule has 4 heteroatoms. The van der Waals surface area contributed by atoms with Gasteiger partial charge in [0.2, 0.25) is 0 Å². The molecule has 19 heavy (non-hydrogen) atoms. The fourth-order valence-electron chi connectivity index (χ4n) is 1.88. The molecule has 0 radical (unpaired) electrons. The van der Waals surface area contributed by atoms with E-state index in [1.54, 1.807) is 0 Å². The highest BCUT2D eigenvalue weighted by Crippen LogP contribution is 2.26. The molecule has 0 bridgehead atoms. The van der Waals surface area contributed by atoms with Gasteiger partial charge >= 0.3 is 5.97 Å². The van der Waals surface area contributed by atoms with Crippen molar-refractivity contribution in [3.8, 4) is 0 Å². The first-order valence-corrected chi connectivity index (χ1v) is 7.75. The minimum atomic E-state index is -0.926. The Morgan fingerprint density at radius 3 is 2.53 bits per heavy atom. The Hall–Kier alpha value is -1.00. The SMILES string of the molecule is CS[C@](N)(CC(C)C)C(=O)OCCc1ccccc1. The minimum Gasteiger partial charge on any atom is -0.463 e. The zero-order chi connectivity index (χ0) is 14.3. The molecule has 106 valence electrons. The summed E-state index contributed by atoms with van der Waals surface area (Å²) in [5, 5.41) is 0. The minimum absolute atomic E-state index is 0.315. The van der Waals surface area contributed by atoms with Gasteiger partial charge < -0.3 is 10.5 Å². The van der Waals surface area contributed by atoms with Crippen molar-refractivity contribution in [2.75, 3.05) is 12.9 Å². The summed E-state index contributed by atoms with van der Waals surface area (Å²) >= 11 is 1.36. The highest BCUT2D eigenvalue weighted by atomic mass is 32.2. The molecule has 0 fully saturated rings. The second kappa shape index (κ2) is 7.56. The van der Waals surface area contributed by atoms with Crippen LogP contribution in [-0.4, -0.2) is 23.7 Å². The molecule has 0 saturated carbocycles. The molecule has 0 aliphatic heterocycles. The van der Waals surface area contributed by atoms with Gasteiger partial charge in [0, 0.05) is 6.42 Å². The molecule has 1 rings (SSSR count). The third-order valence-electron chi connectivity index (χ3n) is 2.89. The van der Waals surface area contributed by atoms with Crippen molar-refractivity contribution in [1.29, 1.82) is 0 Å². The number of carbonyl (C=O) groups excluding carboxylic acids is 1. The lowest BCUT2D eigenvalue weighted by Crippen LogP contribution is -2.47. The number of rotatable bonds is 7. The Bertz CT molecular complexity index is 394. The maximum atomic E-state index is 12.1. The van der Waals surface area contributed by atoms with Crippen LogP contribution in [0.2, 0.25) is 0 Å². The molecule has 0 aromatic heterocycles. The molecule has 0 heterocycles. The number of hydrogen-bond acceptors (Lipinski definition) is 4. The van der Waals surface area contributed by atoms with Gasteiger partial charge in [0.05, 0.1) is 6.61 Å². The van der Waals surface area contributed by atoms with Gasteiger partial charge in [0.15, 0.2) is 4.87 Å². The number of ether oxygens (including phenoxy) is 1. The van der Waals surface area contributed by atoms with Crippen LogP contribution in [0.15, 0.2) is 30.3 Å². The van der Waals surface area contributed by atoms with Crippen molar-refractivity contribution in [2.24, 2.45) is 11.7 Å². The van der Waals surface area contributed by atoms with E-state index in [-0.39, 0.29) is 5.97 Å². The Balaban J connectivity index is 2.45. The molecule has 0 aliphatic carbocycles. The van der Waals surface area contributed by atoms with Crippen molar-refractivity contribution in [3.05, 3.63) is 35.9 Å². The van der Waals surface area contributed by atoms with Crippen molar-refractivity contribution >= 4 is 17.7 Å². The maximum Gasteiger partial charge on any atom is 0.336 e. The van der Waals surface area contributed by atoms with E-state index >= 15 is 0 Å². The van der Waals surface area contributed by atoms with Crippen molar-refractivity contribution < 1.29 is 9.53 Å². The molecular weight excluding hydrogens is 258 g/mol. The number of nitrogens with two attached hydrogens (primary N) is 1. The molecule has 3 nitrogen and oxygen atoms in total. The largest absolute Gasteiger partial charge is 0.463 e. The van der Waals surface area contributed by atoms with Crippen LogP contribution in [0.5, 0.6) is 0 Å². The summed E-state index contributed by atoms with van der Waals surface area (Å²) in [4.78, 5) is 11.1. The normalized spacial score (nSPS) is 14.2. The van der Waals surface area contributed by atoms with Crippen LogP contribution >= 0.6 is 11.8 Å². The molecule has 1 aromatic rings. The van der Waals surface area contributed by atoms with Gasteiger partial charge in [-0.25, -0.2) is 4.79 Å². The van der Waals surface area contributed by atoms with Gasteiger partial charge in [-0.05, 0) is 24.2 Å². The van der Waals surface area contributed by atoms with Gasteiger partial charge in [-0.15, -0.1) is 11.8 Å². The van der Waals surface area contributed by atoms with Crippen LogP contribution in [0.3, 0.4) is 0 Å². The molecule has 0 saturated heterocycles. The zero-order valence-electron chi connectivity index (χ0n) is 11.9. The number of hydrogen-bond donors (Lipinski definition) is 1. The topological polar surface area (TPSA) is 52.3 Å². The summed E-state index contributed by atoms with van der Waals surface area (Å²) in [6, 6.07) is 9.96. The lowest BCUT2D eigenvalue weighted by molar-refractivity contribution is -0.146. The Labute approximate surface area is 119 Å². The van der Waals surface area contributed by atoms with Crippen LogP contribution in [0.4, 0.5) is 0 Å². The van der Waals surface area contributed by atoms with E-state index in [9.17, 15) is 4.79 Å². The van der Waals surface area contributed by atoms with E-state index in [4.69, 9.17) is 10.5 Å². The molecule has 1 aromatic carbocycles. The van der Waals surface area contributed by atoms with E-state index in [1.807, 2.05) is 36.6 Å². The highest BCUT2D eigenvalue weighted by Gasteiger charge is 2.35. The molecule has 0 aliphatic rings. The summed E-state index contributed by atoms with van der Waals surface area (Å²) < 4.78 is 5.32. The van der Waals surface area contributed by atoms with Crippen LogP contribution < -0.4 is 5.73 Å².